The summed E-state index contributed by atoms with van der Waals surface area (Å²) >= 11 is 0. The van der Waals surface area contributed by atoms with E-state index in [2.05, 4.69) is 38.2 Å². The second-order valence-electron chi connectivity index (χ2n) is 15.5. The summed E-state index contributed by atoms with van der Waals surface area (Å²) in [6.07, 6.45) is 37.8. The van der Waals surface area contributed by atoms with Gasteiger partial charge in [0.2, 0.25) is 0 Å². The zero-order chi connectivity index (χ0) is 42.1. The number of unbranched alkanes of at least 4 members (excludes halogenated alkanes) is 24. The fourth-order valence-electron chi connectivity index (χ4n) is 6.27. The van der Waals surface area contributed by atoms with Crippen molar-refractivity contribution in [2.24, 2.45) is 0 Å². The number of carbonyl (C=O) groups is 2. The van der Waals surface area contributed by atoms with E-state index < -0.39 is 57.9 Å². The van der Waals surface area contributed by atoms with Crippen LogP contribution in [0.25, 0.3) is 0 Å². The third-order valence-corrected chi connectivity index (χ3v) is 10.9. The molecule has 0 aliphatic rings. The molecule has 11 nitrogen and oxygen atoms in total. The predicted octanol–water partition coefficient (Wildman–Crippen LogP) is 11.1. The van der Waals surface area contributed by atoms with Crippen LogP contribution >= 0.6 is 7.82 Å². The van der Waals surface area contributed by atoms with Gasteiger partial charge >= 0.3 is 19.8 Å². The highest BCUT2D eigenvalue weighted by molar-refractivity contribution is 7.47. The van der Waals surface area contributed by atoms with Crippen molar-refractivity contribution < 1.29 is 52.9 Å². The summed E-state index contributed by atoms with van der Waals surface area (Å²) in [5.41, 5.74) is 0. The lowest BCUT2D eigenvalue weighted by molar-refractivity contribution is -0.161. The number of rotatable bonds is 43. The zero-order valence-electron chi connectivity index (χ0n) is 36.2. The van der Waals surface area contributed by atoms with Gasteiger partial charge in [-0.15, -0.1) is 0 Å². The van der Waals surface area contributed by atoms with Gasteiger partial charge in [-0.25, -0.2) is 4.57 Å². The second kappa shape index (κ2) is 41.2. The Morgan fingerprint density at radius 2 is 0.877 bits per heavy atom. The van der Waals surface area contributed by atoms with Crippen molar-refractivity contribution in [2.75, 3.05) is 26.4 Å². The van der Waals surface area contributed by atoms with Crippen LogP contribution in [0.2, 0.25) is 0 Å². The molecular weight excluding hydrogens is 747 g/mol. The Morgan fingerprint density at radius 1 is 0.509 bits per heavy atom. The van der Waals surface area contributed by atoms with Gasteiger partial charge in [0.15, 0.2) is 6.10 Å². The van der Waals surface area contributed by atoms with Crippen molar-refractivity contribution in [3.8, 4) is 0 Å². The number of phosphoric ester groups is 1. The lowest BCUT2D eigenvalue weighted by Gasteiger charge is -2.21. The summed E-state index contributed by atoms with van der Waals surface area (Å²) in [7, 11) is -4.74. The maximum absolute atomic E-state index is 12.6. The number of esters is 2. The number of hydrogen-bond donors (Lipinski definition) is 4. The van der Waals surface area contributed by atoms with Crippen LogP contribution in [-0.4, -0.2) is 76.9 Å². The molecular formula is C45H85O11P. The Balaban J connectivity index is 4.44. The number of phosphoric acid groups is 1. The number of hydrogen-bond acceptors (Lipinski definition) is 10. The first kappa shape index (κ1) is 55.4. The van der Waals surface area contributed by atoms with Crippen LogP contribution < -0.4 is 0 Å². The zero-order valence-corrected chi connectivity index (χ0v) is 37.1. The Hall–Kier alpha value is -1.59. The minimum atomic E-state index is -4.74. The summed E-state index contributed by atoms with van der Waals surface area (Å²) in [5.74, 6) is -1.02. The quantitative estimate of drug-likeness (QED) is 0.0200. The predicted molar refractivity (Wildman–Crippen MR) is 230 cm³/mol. The third-order valence-electron chi connectivity index (χ3n) is 9.98. The molecule has 1 unspecified atom stereocenters. The molecule has 12 heteroatoms. The van der Waals surface area contributed by atoms with Crippen LogP contribution in [0.3, 0.4) is 0 Å². The van der Waals surface area contributed by atoms with E-state index in [1.165, 1.54) is 128 Å². The van der Waals surface area contributed by atoms with Crippen LogP contribution in [0.5, 0.6) is 0 Å². The van der Waals surface area contributed by atoms with Crippen molar-refractivity contribution in [2.45, 2.75) is 225 Å². The minimum absolute atomic E-state index is 0.127. The third kappa shape index (κ3) is 39.6. The van der Waals surface area contributed by atoms with Crippen molar-refractivity contribution in [3.05, 3.63) is 24.3 Å². The molecule has 0 heterocycles. The van der Waals surface area contributed by atoms with E-state index >= 15 is 0 Å². The fourth-order valence-corrected chi connectivity index (χ4v) is 7.04. The van der Waals surface area contributed by atoms with E-state index in [0.717, 1.165) is 38.5 Å². The topological polar surface area (TPSA) is 169 Å². The smallest absolute Gasteiger partial charge is 0.462 e. The molecule has 0 fully saturated rings. The van der Waals surface area contributed by atoms with E-state index in [1.807, 2.05) is 0 Å². The number of aliphatic hydroxyl groups is 3. The fraction of sp³-hybridized carbons (Fsp3) is 0.867. The monoisotopic (exact) mass is 833 g/mol. The minimum Gasteiger partial charge on any atom is -0.462 e. The molecule has 0 aliphatic heterocycles. The average molecular weight is 833 g/mol. The molecule has 0 radical (unpaired) electrons. The summed E-state index contributed by atoms with van der Waals surface area (Å²) in [5, 5.41) is 28.1. The Labute approximate surface area is 347 Å². The van der Waals surface area contributed by atoms with Gasteiger partial charge in [0.1, 0.15) is 18.8 Å². The van der Waals surface area contributed by atoms with Crippen LogP contribution in [0, 0.1) is 0 Å². The molecule has 0 bridgehead atoms. The maximum atomic E-state index is 12.6. The van der Waals surface area contributed by atoms with Crippen molar-refractivity contribution in [1.82, 2.24) is 0 Å². The molecule has 0 aromatic carbocycles. The number of ether oxygens (including phenoxy) is 2. The van der Waals surface area contributed by atoms with Gasteiger partial charge in [-0.3, -0.25) is 18.6 Å². The molecule has 0 aromatic heterocycles. The van der Waals surface area contributed by atoms with Gasteiger partial charge in [-0.2, -0.15) is 0 Å². The number of aliphatic hydroxyl groups excluding tert-OH is 3. The normalized spacial score (nSPS) is 14.6. The Morgan fingerprint density at radius 3 is 1.30 bits per heavy atom. The van der Waals surface area contributed by atoms with E-state index in [1.54, 1.807) is 0 Å². The standard InChI is InChI=1S/C45H85O11P/c1-3-5-7-9-11-13-15-17-19-21-23-25-27-29-31-33-35-44(49)53-38-41(39-54-57(51,52)55-40-43(48)42(47)37-46)56-45(50)36-34-32-30-28-26-24-22-20-18-16-14-12-10-8-6-4-2/h25-28,41-43,46-48H,3-24,29-40H2,1-2H3,(H,51,52)/t41-,42-,43-/m1/s1. The van der Waals surface area contributed by atoms with Crippen LogP contribution in [0.15, 0.2) is 24.3 Å². The van der Waals surface area contributed by atoms with E-state index in [4.69, 9.17) is 23.6 Å². The summed E-state index contributed by atoms with van der Waals surface area (Å²) < 4.78 is 32.8. The van der Waals surface area contributed by atoms with Crippen LogP contribution in [0.4, 0.5) is 0 Å². The lowest BCUT2D eigenvalue weighted by Crippen LogP contribution is -2.33. The largest absolute Gasteiger partial charge is 0.472 e. The summed E-state index contributed by atoms with van der Waals surface area (Å²) in [6.45, 7) is 1.98. The van der Waals surface area contributed by atoms with Gasteiger partial charge in [-0.05, 0) is 64.2 Å². The molecule has 57 heavy (non-hydrogen) atoms. The SMILES string of the molecule is CCCCCCCCCCCCC=CCCCCC(=O)OC[C@H](COP(=O)(O)OC[C@@H](O)[C@H](O)CO)OC(=O)CCCCC=CCCCCCCCCCCCC. The molecule has 0 spiro atoms. The first-order valence-corrected chi connectivity index (χ1v) is 24.4. The molecule has 4 atom stereocenters. The molecule has 4 N–H and O–H groups in total. The van der Waals surface area contributed by atoms with Crippen molar-refractivity contribution in [1.29, 1.82) is 0 Å². The van der Waals surface area contributed by atoms with Crippen LogP contribution in [0.1, 0.15) is 206 Å². The van der Waals surface area contributed by atoms with Crippen LogP contribution in [-0.2, 0) is 32.7 Å². The molecule has 0 saturated carbocycles. The molecule has 0 rings (SSSR count). The molecule has 0 aliphatic carbocycles. The average Bonchev–Trinajstić information content (AvgIpc) is 3.20. The summed E-state index contributed by atoms with van der Waals surface area (Å²) in [4.78, 5) is 35.1. The van der Waals surface area contributed by atoms with Gasteiger partial charge in [-0.1, -0.05) is 154 Å². The van der Waals surface area contributed by atoms with Crippen molar-refractivity contribution >= 4 is 19.8 Å². The highest BCUT2D eigenvalue weighted by atomic mass is 31.2. The number of carbonyl (C=O) groups excluding carboxylic acids is 2. The van der Waals surface area contributed by atoms with E-state index in [-0.39, 0.29) is 19.4 Å². The highest BCUT2D eigenvalue weighted by Gasteiger charge is 2.28. The molecule has 0 aromatic rings. The van der Waals surface area contributed by atoms with Gasteiger partial charge in [0.25, 0.3) is 0 Å². The summed E-state index contributed by atoms with van der Waals surface area (Å²) in [6, 6.07) is 0. The van der Waals surface area contributed by atoms with Gasteiger partial charge in [0, 0.05) is 12.8 Å². The second-order valence-corrected chi connectivity index (χ2v) is 17.0. The van der Waals surface area contributed by atoms with E-state index in [9.17, 15) is 29.3 Å². The first-order chi connectivity index (χ1) is 27.6. The van der Waals surface area contributed by atoms with E-state index in [0.29, 0.717) is 12.8 Å². The van der Waals surface area contributed by atoms with Gasteiger partial charge in [0.05, 0.1) is 19.8 Å². The maximum Gasteiger partial charge on any atom is 0.472 e. The molecule has 0 amide bonds. The Bertz CT molecular complexity index is 1020. The molecule has 0 saturated heterocycles. The number of allylic oxidation sites excluding steroid dienone is 4. The van der Waals surface area contributed by atoms with Gasteiger partial charge < -0.3 is 29.7 Å². The molecule has 336 valence electrons. The van der Waals surface area contributed by atoms with Crippen molar-refractivity contribution in [3.63, 3.8) is 0 Å². The highest BCUT2D eigenvalue weighted by Crippen LogP contribution is 2.43. The first-order valence-electron chi connectivity index (χ1n) is 22.9. The lowest BCUT2D eigenvalue weighted by atomic mass is 10.1. The Kier molecular flexibility index (Phi) is 40.0.